The third-order valence-corrected chi connectivity index (χ3v) is 6.20. The molecule has 0 bridgehead atoms. The van der Waals surface area contributed by atoms with Crippen LogP contribution < -0.4 is 0 Å². The largest absolute Gasteiger partial charge is 0.319 e. The average Bonchev–Trinajstić information content (AvgIpc) is 3.25. The van der Waals surface area contributed by atoms with E-state index in [0.717, 1.165) is 42.9 Å². The van der Waals surface area contributed by atoms with Crippen molar-refractivity contribution in [3.05, 3.63) is 23.0 Å². The molecule has 1 saturated carbocycles. The van der Waals surface area contributed by atoms with Crippen LogP contribution in [0.1, 0.15) is 61.6 Å². The van der Waals surface area contributed by atoms with Gasteiger partial charge in [-0.1, -0.05) is 13.3 Å². The SMILES string of the molecule is CCCCn1c(S(=O)(=O)Cc2nnc(C3CC3)n2C)nc(C)c1C. The second kappa shape index (κ2) is 6.31. The second-order valence-electron chi connectivity index (χ2n) is 6.64. The molecule has 0 atom stereocenters. The van der Waals surface area contributed by atoms with Gasteiger partial charge in [-0.15, -0.1) is 10.2 Å². The predicted molar refractivity (Wildman–Crippen MR) is 90.5 cm³/mol. The van der Waals surface area contributed by atoms with Gasteiger partial charge in [-0.25, -0.2) is 13.4 Å². The molecule has 2 aromatic rings. The van der Waals surface area contributed by atoms with Crippen LogP contribution in [0.15, 0.2) is 5.16 Å². The zero-order valence-corrected chi connectivity index (χ0v) is 15.6. The number of aromatic nitrogens is 5. The van der Waals surface area contributed by atoms with Crippen LogP contribution >= 0.6 is 0 Å². The maximum atomic E-state index is 12.9. The summed E-state index contributed by atoms with van der Waals surface area (Å²) in [5.41, 5.74) is 1.68. The van der Waals surface area contributed by atoms with Crippen molar-refractivity contribution in [2.75, 3.05) is 0 Å². The number of sulfone groups is 1. The van der Waals surface area contributed by atoms with Crippen LogP contribution in [0.5, 0.6) is 0 Å². The minimum absolute atomic E-state index is 0.155. The molecule has 3 rings (SSSR count). The summed E-state index contributed by atoms with van der Waals surface area (Å²) in [4.78, 5) is 4.33. The first-order valence-corrected chi connectivity index (χ1v) is 10.1. The zero-order valence-electron chi connectivity index (χ0n) is 14.8. The molecule has 1 aliphatic carbocycles. The fourth-order valence-electron chi connectivity index (χ4n) is 2.87. The van der Waals surface area contributed by atoms with Crippen molar-refractivity contribution in [1.29, 1.82) is 0 Å². The Morgan fingerprint density at radius 1 is 1.21 bits per heavy atom. The van der Waals surface area contributed by atoms with Gasteiger partial charge in [-0.2, -0.15) is 0 Å². The first kappa shape index (κ1) is 17.1. The second-order valence-corrected chi connectivity index (χ2v) is 8.52. The summed E-state index contributed by atoms with van der Waals surface area (Å²) in [6, 6.07) is 0. The van der Waals surface area contributed by atoms with Crippen LogP contribution in [0.25, 0.3) is 0 Å². The molecular formula is C16H25N5O2S. The summed E-state index contributed by atoms with van der Waals surface area (Å²) in [6.07, 6.45) is 4.15. The van der Waals surface area contributed by atoms with Crippen molar-refractivity contribution in [1.82, 2.24) is 24.3 Å². The molecule has 2 heterocycles. The normalized spacial score (nSPS) is 15.2. The molecule has 0 aromatic carbocycles. The van der Waals surface area contributed by atoms with Crippen molar-refractivity contribution < 1.29 is 8.42 Å². The highest BCUT2D eigenvalue weighted by Crippen LogP contribution is 2.38. The Labute approximate surface area is 143 Å². The number of hydrogen-bond acceptors (Lipinski definition) is 5. The highest BCUT2D eigenvalue weighted by Gasteiger charge is 2.31. The lowest BCUT2D eigenvalue weighted by Crippen LogP contribution is -2.16. The highest BCUT2D eigenvalue weighted by molar-refractivity contribution is 7.90. The zero-order chi connectivity index (χ0) is 17.5. The monoisotopic (exact) mass is 351 g/mol. The van der Waals surface area contributed by atoms with E-state index in [9.17, 15) is 8.42 Å². The first-order chi connectivity index (χ1) is 11.3. The average molecular weight is 351 g/mol. The summed E-state index contributed by atoms with van der Waals surface area (Å²) >= 11 is 0. The lowest BCUT2D eigenvalue weighted by molar-refractivity contribution is 0.537. The molecule has 8 heteroatoms. The van der Waals surface area contributed by atoms with E-state index in [-0.39, 0.29) is 10.9 Å². The fraction of sp³-hybridized carbons (Fsp3) is 0.688. The topological polar surface area (TPSA) is 82.7 Å². The molecule has 0 N–H and O–H groups in total. The molecule has 0 saturated heterocycles. The van der Waals surface area contributed by atoms with Crippen molar-refractivity contribution in [2.45, 2.75) is 69.8 Å². The van der Waals surface area contributed by atoms with Gasteiger partial charge in [0.1, 0.15) is 17.4 Å². The van der Waals surface area contributed by atoms with Gasteiger partial charge in [-0.05, 0) is 33.1 Å². The first-order valence-electron chi connectivity index (χ1n) is 8.49. The van der Waals surface area contributed by atoms with Crippen molar-refractivity contribution in [3.8, 4) is 0 Å². The van der Waals surface area contributed by atoms with E-state index in [1.807, 2.05) is 30.0 Å². The molecule has 1 aliphatic rings. The summed E-state index contributed by atoms with van der Waals surface area (Å²) in [6.45, 7) is 6.53. The highest BCUT2D eigenvalue weighted by atomic mass is 32.2. The van der Waals surface area contributed by atoms with Gasteiger partial charge >= 0.3 is 0 Å². The molecular weight excluding hydrogens is 326 g/mol. The Balaban J connectivity index is 1.92. The Morgan fingerprint density at radius 3 is 2.54 bits per heavy atom. The minimum Gasteiger partial charge on any atom is -0.319 e. The standard InChI is InChI=1S/C16H25N5O2S/c1-5-6-9-21-12(3)11(2)17-16(21)24(22,23)10-14-18-19-15(20(14)4)13-7-8-13/h13H,5-10H2,1-4H3. The number of aryl methyl sites for hydroxylation is 1. The summed E-state index contributed by atoms with van der Waals surface area (Å²) < 4.78 is 29.5. The molecule has 1 fully saturated rings. The third kappa shape index (κ3) is 3.11. The Bertz CT molecular complexity index is 846. The quantitative estimate of drug-likeness (QED) is 0.764. The number of imidazole rings is 1. The van der Waals surface area contributed by atoms with Gasteiger partial charge in [0.25, 0.3) is 0 Å². The van der Waals surface area contributed by atoms with Crippen LogP contribution in [-0.4, -0.2) is 32.7 Å². The van der Waals surface area contributed by atoms with Crippen molar-refractivity contribution in [3.63, 3.8) is 0 Å². The van der Waals surface area contributed by atoms with E-state index in [0.29, 0.717) is 18.3 Å². The number of unbranched alkanes of at least 4 members (excludes halogenated alkanes) is 1. The summed E-state index contributed by atoms with van der Waals surface area (Å²) in [5.74, 6) is 1.65. The molecule has 0 amide bonds. The van der Waals surface area contributed by atoms with Crippen LogP contribution in [0.4, 0.5) is 0 Å². The fourth-order valence-corrected chi connectivity index (χ4v) is 4.43. The van der Waals surface area contributed by atoms with Crippen LogP contribution in [0, 0.1) is 13.8 Å². The smallest absolute Gasteiger partial charge is 0.228 e. The molecule has 0 aliphatic heterocycles. The van der Waals surface area contributed by atoms with Gasteiger partial charge in [0.15, 0.2) is 0 Å². The Morgan fingerprint density at radius 2 is 1.92 bits per heavy atom. The molecule has 132 valence electrons. The summed E-state index contributed by atoms with van der Waals surface area (Å²) in [7, 11) is -1.72. The van der Waals surface area contributed by atoms with Gasteiger partial charge in [-0.3, -0.25) is 0 Å². The van der Waals surface area contributed by atoms with E-state index in [2.05, 4.69) is 22.1 Å². The lowest BCUT2D eigenvalue weighted by atomic mass is 10.3. The van der Waals surface area contributed by atoms with E-state index in [1.54, 1.807) is 0 Å². The maximum absolute atomic E-state index is 12.9. The number of rotatable bonds is 7. The predicted octanol–water partition coefficient (Wildman–Crippen LogP) is 2.28. The molecule has 24 heavy (non-hydrogen) atoms. The van der Waals surface area contributed by atoms with Crippen LogP contribution in [-0.2, 0) is 29.2 Å². The number of nitrogens with zero attached hydrogens (tertiary/aromatic N) is 5. The Hall–Kier alpha value is -1.70. The summed E-state index contributed by atoms with van der Waals surface area (Å²) in [5, 5.41) is 8.43. The molecule has 2 aromatic heterocycles. The van der Waals surface area contributed by atoms with Crippen molar-refractivity contribution >= 4 is 9.84 Å². The van der Waals surface area contributed by atoms with Crippen LogP contribution in [0.3, 0.4) is 0 Å². The molecule has 7 nitrogen and oxygen atoms in total. The Kier molecular flexibility index (Phi) is 4.50. The van der Waals surface area contributed by atoms with Gasteiger partial charge in [0.05, 0.1) is 5.69 Å². The molecule has 0 spiro atoms. The van der Waals surface area contributed by atoms with Gasteiger partial charge < -0.3 is 9.13 Å². The molecule has 0 unspecified atom stereocenters. The minimum atomic E-state index is -3.56. The van der Waals surface area contributed by atoms with Crippen LogP contribution in [0.2, 0.25) is 0 Å². The third-order valence-electron chi connectivity index (χ3n) is 4.70. The van der Waals surface area contributed by atoms with Crippen molar-refractivity contribution in [2.24, 2.45) is 7.05 Å². The van der Waals surface area contributed by atoms with E-state index in [1.165, 1.54) is 0 Å². The van der Waals surface area contributed by atoms with Gasteiger partial charge in [0.2, 0.25) is 15.0 Å². The lowest BCUT2D eigenvalue weighted by Gasteiger charge is -2.10. The maximum Gasteiger partial charge on any atom is 0.228 e. The van der Waals surface area contributed by atoms with E-state index in [4.69, 9.17) is 0 Å². The van der Waals surface area contributed by atoms with E-state index < -0.39 is 9.84 Å². The number of hydrogen-bond donors (Lipinski definition) is 0. The van der Waals surface area contributed by atoms with Gasteiger partial charge in [0, 0.05) is 25.2 Å². The van der Waals surface area contributed by atoms with E-state index >= 15 is 0 Å². The molecule has 0 radical (unpaired) electrons.